The van der Waals surface area contributed by atoms with Gasteiger partial charge in [-0.3, -0.25) is 4.79 Å². The Morgan fingerprint density at radius 3 is 2.59 bits per heavy atom. The lowest BCUT2D eigenvalue weighted by Gasteiger charge is -2.39. The van der Waals surface area contributed by atoms with Crippen LogP contribution in [-0.4, -0.2) is 41.2 Å². The zero-order valence-electron chi connectivity index (χ0n) is 16.8. The summed E-state index contributed by atoms with van der Waals surface area (Å²) in [5.74, 6) is -1.22. The lowest BCUT2D eigenvalue weighted by atomic mass is 9.82. The van der Waals surface area contributed by atoms with Crippen molar-refractivity contribution in [2.75, 3.05) is 13.2 Å². The van der Waals surface area contributed by atoms with E-state index < -0.39 is 23.5 Å². The van der Waals surface area contributed by atoms with Crippen molar-refractivity contribution in [1.29, 1.82) is 0 Å². The van der Waals surface area contributed by atoms with Crippen LogP contribution >= 0.6 is 0 Å². The molecule has 2 atom stereocenters. The highest BCUT2D eigenvalue weighted by molar-refractivity contribution is 5.82. The Labute approximate surface area is 167 Å². The summed E-state index contributed by atoms with van der Waals surface area (Å²) in [7, 11) is 0. The van der Waals surface area contributed by atoms with Gasteiger partial charge in [0.2, 0.25) is 5.89 Å². The van der Waals surface area contributed by atoms with Gasteiger partial charge in [-0.25, -0.2) is 4.98 Å². The summed E-state index contributed by atoms with van der Waals surface area (Å²) < 4.78 is 51.1. The van der Waals surface area contributed by atoms with E-state index in [9.17, 15) is 18.0 Å². The molecule has 3 heterocycles. The standard InChI is InChI=1S/C21H25F3N2O3/c1-20(2,3)17-11-13-10-16-14(25-18(29-16)15-5-4-8-28-15)9-12(13)6-7-26(17)19(27)21(22,23)24/h9-10,15,17H,4-8,11H2,1-3H3/t15-,17-/m0/s1. The Morgan fingerprint density at radius 1 is 1.21 bits per heavy atom. The van der Waals surface area contributed by atoms with E-state index in [4.69, 9.17) is 9.15 Å². The molecule has 0 saturated carbocycles. The van der Waals surface area contributed by atoms with Gasteiger partial charge in [0, 0.05) is 19.2 Å². The van der Waals surface area contributed by atoms with Crippen LogP contribution in [0.3, 0.4) is 0 Å². The SMILES string of the molecule is CC(C)(C)[C@@H]1Cc2cc3oc([C@@H]4CCCO4)nc3cc2CCN1C(=O)C(F)(F)F. The van der Waals surface area contributed by atoms with Crippen molar-refractivity contribution < 1.29 is 27.1 Å². The number of aromatic nitrogens is 1. The Kier molecular flexibility index (Phi) is 4.88. The van der Waals surface area contributed by atoms with Crippen molar-refractivity contribution >= 4 is 17.0 Å². The fourth-order valence-corrected chi connectivity index (χ4v) is 4.30. The predicted molar refractivity (Wildman–Crippen MR) is 100 cm³/mol. The third-order valence-electron chi connectivity index (χ3n) is 5.85. The Hall–Kier alpha value is -2.09. The van der Waals surface area contributed by atoms with Gasteiger partial charge in [0.25, 0.3) is 0 Å². The number of benzene rings is 1. The summed E-state index contributed by atoms with van der Waals surface area (Å²) in [4.78, 5) is 17.6. The molecule has 4 rings (SSSR count). The first-order valence-electron chi connectivity index (χ1n) is 9.95. The second-order valence-electron chi connectivity index (χ2n) is 8.97. The lowest BCUT2D eigenvalue weighted by Crippen LogP contribution is -2.52. The first-order valence-corrected chi connectivity index (χ1v) is 9.95. The van der Waals surface area contributed by atoms with Gasteiger partial charge in [-0.1, -0.05) is 20.8 Å². The maximum atomic E-state index is 13.2. The largest absolute Gasteiger partial charge is 0.471 e. The van der Waals surface area contributed by atoms with Crippen LogP contribution in [0.15, 0.2) is 16.5 Å². The Balaban J connectivity index is 1.70. The molecule has 2 aliphatic rings. The fraction of sp³-hybridized carbons (Fsp3) is 0.619. The third kappa shape index (κ3) is 3.86. The number of hydrogen-bond acceptors (Lipinski definition) is 4. The number of oxazole rings is 1. The summed E-state index contributed by atoms with van der Waals surface area (Å²) in [6.45, 7) is 6.30. The van der Waals surface area contributed by atoms with Gasteiger partial charge in [-0.2, -0.15) is 13.2 Å². The monoisotopic (exact) mass is 410 g/mol. The molecule has 0 N–H and O–H groups in total. The fourth-order valence-electron chi connectivity index (χ4n) is 4.30. The Morgan fingerprint density at radius 2 is 1.97 bits per heavy atom. The minimum Gasteiger partial charge on any atom is -0.438 e. The first-order chi connectivity index (χ1) is 13.5. The zero-order valence-corrected chi connectivity index (χ0v) is 16.8. The highest BCUT2D eigenvalue weighted by Crippen LogP contribution is 2.36. The first kappa shape index (κ1) is 20.2. The van der Waals surface area contributed by atoms with E-state index in [1.807, 2.05) is 32.9 Å². The van der Waals surface area contributed by atoms with Crippen molar-refractivity contribution in [1.82, 2.24) is 9.88 Å². The van der Waals surface area contributed by atoms with Gasteiger partial charge >= 0.3 is 12.1 Å². The van der Waals surface area contributed by atoms with E-state index in [1.165, 1.54) is 0 Å². The highest BCUT2D eigenvalue weighted by Gasteiger charge is 2.47. The molecule has 5 nitrogen and oxygen atoms in total. The number of fused-ring (bicyclic) bond motifs is 2. The maximum Gasteiger partial charge on any atom is 0.471 e. The molecular weight excluding hydrogens is 385 g/mol. The molecule has 2 aliphatic heterocycles. The second-order valence-corrected chi connectivity index (χ2v) is 8.97. The number of carbonyl (C=O) groups is 1. The molecule has 0 aliphatic carbocycles. The predicted octanol–water partition coefficient (Wildman–Crippen LogP) is 4.58. The quantitative estimate of drug-likeness (QED) is 0.690. The van der Waals surface area contributed by atoms with Gasteiger partial charge in [0.1, 0.15) is 11.6 Å². The molecule has 0 bridgehead atoms. The van der Waals surface area contributed by atoms with E-state index in [2.05, 4.69) is 4.98 Å². The lowest BCUT2D eigenvalue weighted by molar-refractivity contribution is -0.189. The van der Waals surface area contributed by atoms with Gasteiger partial charge in [-0.05, 0) is 54.4 Å². The van der Waals surface area contributed by atoms with Crippen LogP contribution in [0, 0.1) is 5.41 Å². The molecule has 1 aromatic heterocycles. The molecule has 8 heteroatoms. The van der Waals surface area contributed by atoms with Gasteiger partial charge in [0.15, 0.2) is 5.58 Å². The molecule has 1 aromatic carbocycles. The maximum absolute atomic E-state index is 13.2. The van der Waals surface area contributed by atoms with Gasteiger partial charge in [0.05, 0.1) is 0 Å². The van der Waals surface area contributed by atoms with Crippen LogP contribution in [0.2, 0.25) is 0 Å². The number of amides is 1. The molecular formula is C21H25F3N2O3. The van der Waals surface area contributed by atoms with Crippen LogP contribution in [-0.2, 0) is 22.4 Å². The normalized spacial score (nSPS) is 23.3. The summed E-state index contributed by atoms with van der Waals surface area (Å²) in [5, 5.41) is 0. The minimum atomic E-state index is -4.88. The molecule has 0 radical (unpaired) electrons. The average Bonchev–Trinajstić information content (AvgIpc) is 3.23. The van der Waals surface area contributed by atoms with Crippen LogP contribution in [0.1, 0.15) is 56.7 Å². The smallest absolute Gasteiger partial charge is 0.438 e. The average molecular weight is 410 g/mol. The third-order valence-corrected chi connectivity index (χ3v) is 5.85. The molecule has 1 fully saturated rings. The van der Waals surface area contributed by atoms with E-state index in [0.717, 1.165) is 28.9 Å². The van der Waals surface area contributed by atoms with Crippen LogP contribution in [0.5, 0.6) is 0 Å². The summed E-state index contributed by atoms with van der Waals surface area (Å²) in [5.41, 5.74) is 2.60. The van der Waals surface area contributed by atoms with Crippen LogP contribution < -0.4 is 0 Å². The van der Waals surface area contributed by atoms with Crippen molar-refractivity contribution in [3.05, 3.63) is 29.2 Å². The van der Waals surface area contributed by atoms with Crippen molar-refractivity contribution in [2.24, 2.45) is 5.41 Å². The number of carbonyl (C=O) groups excluding carboxylic acids is 1. The topological polar surface area (TPSA) is 55.6 Å². The van der Waals surface area contributed by atoms with Crippen LogP contribution in [0.4, 0.5) is 13.2 Å². The van der Waals surface area contributed by atoms with Crippen molar-refractivity contribution in [3.63, 3.8) is 0 Å². The Bertz CT molecular complexity index is 924. The number of halogens is 3. The summed E-state index contributed by atoms with van der Waals surface area (Å²) >= 11 is 0. The molecule has 1 saturated heterocycles. The van der Waals surface area contributed by atoms with E-state index in [-0.39, 0.29) is 12.6 Å². The number of hydrogen-bond donors (Lipinski definition) is 0. The van der Waals surface area contributed by atoms with E-state index >= 15 is 0 Å². The number of ether oxygens (including phenoxy) is 1. The van der Waals surface area contributed by atoms with Gasteiger partial charge < -0.3 is 14.1 Å². The van der Waals surface area contributed by atoms with Gasteiger partial charge in [-0.15, -0.1) is 0 Å². The number of nitrogens with zero attached hydrogens (tertiary/aromatic N) is 2. The zero-order chi connectivity index (χ0) is 21.0. The van der Waals surface area contributed by atoms with Crippen molar-refractivity contribution in [2.45, 2.75) is 64.8 Å². The van der Waals surface area contributed by atoms with Crippen LogP contribution in [0.25, 0.3) is 11.1 Å². The van der Waals surface area contributed by atoms with E-state index in [0.29, 0.717) is 36.4 Å². The molecule has 158 valence electrons. The number of rotatable bonds is 1. The molecule has 29 heavy (non-hydrogen) atoms. The van der Waals surface area contributed by atoms with Crippen molar-refractivity contribution in [3.8, 4) is 0 Å². The second kappa shape index (κ2) is 7.00. The summed E-state index contributed by atoms with van der Waals surface area (Å²) in [6, 6.07) is 3.18. The van der Waals surface area contributed by atoms with E-state index in [1.54, 1.807) is 0 Å². The highest BCUT2D eigenvalue weighted by atomic mass is 19.4. The molecule has 0 spiro atoms. The number of alkyl halides is 3. The molecule has 0 unspecified atom stereocenters. The molecule has 2 aromatic rings. The summed E-state index contributed by atoms with van der Waals surface area (Å²) in [6.07, 6.45) is -2.49. The molecule has 1 amide bonds. The minimum absolute atomic E-state index is 0.0230.